The molecule has 0 saturated carbocycles. The maximum absolute atomic E-state index is 10.5. The molecule has 9 heteroatoms. The minimum absolute atomic E-state index is 0.208. The van der Waals surface area contributed by atoms with Crippen molar-refractivity contribution in [2.24, 2.45) is 0 Å². The fourth-order valence-electron chi connectivity index (χ4n) is 3.78. The van der Waals surface area contributed by atoms with Crippen LogP contribution in [-0.4, -0.2) is 79.9 Å². The summed E-state index contributed by atoms with van der Waals surface area (Å²) in [5.74, 6) is 2.66. The zero-order valence-corrected chi connectivity index (χ0v) is 18.3. The molecule has 1 aliphatic heterocycles. The Morgan fingerprint density at radius 1 is 1.03 bits per heavy atom. The Morgan fingerprint density at radius 3 is 2.59 bits per heavy atom. The van der Waals surface area contributed by atoms with E-state index in [0.717, 1.165) is 48.9 Å². The van der Waals surface area contributed by atoms with Crippen molar-refractivity contribution in [1.82, 2.24) is 15.1 Å². The molecule has 0 spiro atoms. The van der Waals surface area contributed by atoms with Gasteiger partial charge >= 0.3 is 0 Å². The van der Waals surface area contributed by atoms with Gasteiger partial charge < -0.3 is 28.6 Å². The maximum atomic E-state index is 10.5. The van der Waals surface area contributed by atoms with Gasteiger partial charge in [-0.25, -0.2) is 0 Å². The summed E-state index contributed by atoms with van der Waals surface area (Å²) in [6.45, 7) is 4.15. The van der Waals surface area contributed by atoms with Gasteiger partial charge in [-0.15, -0.1) is 10.2 Å². The first-order valence-electron chi connectivity index (χ1n) is 10.5. The molecule has 1 aliphatic rings. The molecule has 1 aromatic heterocycles. The normalized spacial score (nSPS) is 15.4. The Bertz CT molecular complexity index is 990. The van der Waals surface area contributed by atoms with E-state index in [1.807, 2.05) is 42.5 Å². The van der Waals surface area contributed by atoms with Crippen molar-refractivity contribution >= 4 is 5.69 Å². The lowest BCUT2D eigenvalue weighted by atomic mass is 10.2. The van der Waals surface area contributed by atoms with Gasteiger partial charge in [-0.2, -0.15) is 0 Å². The highest BCUT2D eigenvalue weighted by molar-refractivity contribution is 5.61. The zero-order chi connectivity index (χ0) is 22.3. The van der Waals surface area contributed by atoms with Crippen LogP contribution in [0.3, 0.4) is 0 Å². The predicted molar refractivity (Wildman–Crippen MR) is 119 cm³/mol. The lowest BCUT2D eigenvalue weighted by Crippen LogP contribution is -2.49. The van der Waals surface area contributed by atoms with E-state index < -0.39 is 6.10 Å². The second-order valence-electron chi connectivity index (χ2n) is 7.56. The fraction of sp³-hybridized carbons (Fsp3) is 0.391. The highest BCUT2D eigenvalue weighted by Gasteiger charge is 2.22. The number of benzene rings is 2. The topological polar surface area (TPSA) is 93.3 Å². The van der Waals surface area contributed by atoms with E-state index in [1.165, 1.54) is 6.39 Å². The van der Waals surface area contributed by atoms with Crippen molar-refractivity contribution in [3.05, 3.63) is 48.9 Å². The van der Waals surface area contributed by atoms with Crippen LogP contribution in [0.5, 0.6) is 17.2 Å². The van der Waals surface area contributed by atoms with Crippen LogP contribution in [0.25, 0.3) is 11.5 Å². The van der Waals surface area contributed by atoms with Crippen molar-refractivity contribution in [2.75, 3.05) is 58.5 Å². The second-order valence-corrected chi connectivity index (χ2v) is 7.56. The van der Waals surface area contributed by atoms with Crippen LogP contribution < -0.4 is 19.1 Å². The predicted octanol–water partition coefficient (Wildman–Crippen LogP) is 2.32. The van der Waals surface area contributed by atoms with E-state index >= 15 is 0 Å². The third-order valence-electron chi connectivity index (χ3n) is 5.45. The summed E-state index contributed by atoms with van der Waals surface area (Å²) in [7, 11) is 3.31. The summed E-state index contributed by atoms with van der Waals surface area (Å²) >= 11 is 0. The number of aliphatic hydroxyl groups is 1. The maximum Gasteiger partial charge on any atom is 0.247 e. The van der Waals surface area contributed by atoms with Crippen molar-refractivity contribution in [3.63, 3.8) is 0 Å². The molecule has 32 heavy (non-hydrogen) atoms. The van der Waals surface area contributed by atoms with Crippen LogP contribution in [0, 0.1) is 0 Å². The summed E-state index contributed by atoms with van der Waals surface area (Å²) in [4.78, 5) is 4.54. The molecule has 0 radical (unpaired) electrons. The molecule has 0 bridgehead atoms. The van der Waals surface area contributed by atoms with Gasteiger partial charge in [-0.3, -0.25) is 4.90 Å². The molecule has 2 heterocycles. The third kappa shape index (κ3) is 5.30. The molecule has 1 saturated heterocycles. The number of nitrogens with zero attached hydrogens (tertiary/aromatic N) is 4. The molecular weight excluding hydrogens is 412 g/mol. The number of hydrogen-bond acceptors (Lipinski definition) is 9. The van der Waals surface area contributed by atoms with E-state index in [2.05, 4.69) is 20.0 Å². The van der Waals surface area contributed by atoms with E-state index in [9.17, 15) is 5.11 Å². The van der Waals surface area contributed by atoms with Gasteiger partial charge in [0.25, 0.3) is 0 Å². The van der Waals surface area contributed by atoms with Gasteiger partial charge in [0.1, 0.15) is 30.0 Å². The smallest absolute Gasteiger partial charge is 0.247 e. The fourth-order valence-corrected chi connectivity index (χ4v) is 3.78. The van der Waals surface area contributed by atoms with Crippen LogP contribution in [0.2, 0.25) is 0 Å². The summed E-state index contributed by atoms with van der Waals surface area (Å²) in [6.07, 6.45) is 0.695. The molecule has 4 rings (SSSR count). The summed E-state index contributed by atoms with van der Waals surface area (Å²) in [5, 5.41) is 18.1. The molecule has 1 N–H and O–H groups in total. The standard InChI is InChI=1S/C23H28N4O5/c1-29-19-6-7-21(22(13-19)30-2)27-10-8-26(9-11-27)14-18(28)15-31-20-5-3-4-17(12-20)23-25-24-16-32-23/h3-7,12-13,16,18,28H,8-11,14-15H2,1-2H3. The van der Waals surface area contributed by atoms with Gasteiger partial charge in [0.15, 0.2) is 0 Å². The minimum Gasteiger partial charge on any atom is -0.497 e. The van der Waals surface area contributed by atoms with E-state index in [0.29, 0.717) is 18.2 Å². The van der Waals surface area contributed by atoms with Crippen LogP contribution in [0.4, 0.5) is 5.69 Å². The number of methoxy groups -OCH3 is 2. The number of rotatable bonds is 9. The van der Waals surface area contributed by atoms with Crippen LogP contribution >= 0.6 is 0 Å². The minimum atomic E-state index is -0.593. The molecule has 0 amide bonds. The number of hydrogen-bond donors (Lipinski definition) is 1. The Labute approximate surface area is 187 Å². The number of piperazine rings is 1. The zero-order valence-electron chi connectivity index (χ0n) is 18.3. The number of aliphatic hydroxyl groups excluding tert-OH is 1. The number of anilines is 1. The molecule has 9 nitrogen and oxygen atoms in total. The van der Waals surface area contributed by atoms with Crippen LogP contribution in [-0.2, 0) is 0 Å². The molecule has 170 valence electrons. The first-order valence-corrected chi connectivity index (χ1v) is 10.5. The van der Waals surface area contributed by atoms with E-state index in [1.54, 1.807) is 14.2 Å². The van der Waals surface area contributed by atoms with Gasteiger partial charge in [-0.1, -0.05) is 6.07 Å². The van der Waals surface area contributed by atoms with E-state index in [-0.39, 0.29) is 6.61 Å². The van der Waals surface area contributed by atoms with Crippen LogP contribution in [0.15, 0.2) is 53.3 Å². The Balaban J connectivity index is 1.25. The first kappa shape index (κ1) is 21.9. The van der Waals surface area contributed by atoms with Gasteiger partial charge in [0.05, 0.1) is 19.9 Å². The van der Waals surface area contributed by atoms with Crippen LogP contribution in [0.1, 0.15) is 0 Å². The van der Waals surface area contributed by atoms with Gasteiger partial charge in [0, 0.05) is 44.4 Å². The average molecular weight is 441 g/mol. The Hall–Kier alpha value is -3.30. The highest BCUT2D eigenvalue weighted by atomic mass is 16.5. The Kier molecular flexibility index (Phi) is 7.08. The lowest BCUT2D eigenvalue weighted by molar-refractivity contribution is 0.0663. The molecular formula is C23H28N4O5. The quantitative estimate of drug-likeness (QED) is 0.538. The molecule has 3 aromatic rings. The van der Waals surface area contributed by atoms with Crippen molar-refractivity contribution in [1.29, 1.82) is 0 Å². The SMILES string of the molecule is COc1ccc(N2CCN(CC(O)COc3cccc(-c4nnco4)c3)CC2)c(OC)c1. The largest absolute Gasteiger partial charge is 0.497 e. The molecule has 1 unspecified atom stereocenters. The highest BCUT2D eigenvalue weighted by Crippen LogP contribution is 2.32. The van der Waals surface area contributed by atoms with Crippen molar-refractivity contribution in [3.8, 4) is 28.7 Å². The number of aromatic nitrogens is 2. The summed E-state index contributed by atoms with van der Waals surface area (Å²) in [5.41, 5.74) is 1.83. The molecule has 1 atom stereocenters. The van der Waals surface area contributed by atoms with Crippen molar-refractivity contribution < 1.29 is 23.7 Å². The van der Waals surface area contributed by atoms with Gasteiger partial charge in [0.2, 0.25) is 12.3 Å². The average Bonchev–Trinajstić information content (AvgIpc) is 3.38. The summed E-state index contributed by atoms with van der Waals surface area (Å²) in [6, 6.07) is 13.3. The molecule has 2 aromatic carbocycles. The Morgan fingerprint density at radius 2 is 1.88 bits per heavy atom. The molecule has 0 aliphatic carbocycles. The number of β-amino-alcohol motifs (C(OH)–C–C–N with tert-alkyl or cyclic N) is 1. The third-order valence-corrected chi connectivity index (χ3v) is 5.45. The van der Waals surface area contributed by atoms with E-state index in [4.69, 9.17) is 18.6 Å². The first-order chi connectivity index (χ1) is 15.7. The monoisotopic (exact) mass is 440 g/mol. The number of ether oxygens (including phenoxy) is 3. The second kappa shape index (κ2) is 10.3. The van der Waals surface area contributed by atoms with Gasteiger partial charge in [-0.05, 0) is 30.3 Å². The van der Waals surface area contributed by atoms with Crippen molar-refractivity contribution in [2.45, 2.75) is 6.10 Å². The molecule has 1 fully saturated rings. The lowest BCUT2D eigenvalue weighted by Gasteiger charge is -2.37. The summed E-state index contributed by atoms with van der Waals surface area (Å²) < 4.78 is 21.8.